The quantitative estimate of drug-likeness (QED) is 0.283. The van der Waals surface area contributed by atoms with Gasteiger partial charge in [-0.3, -0.25) is 4.79 Å². The number of ether oxygens (including phenoxy) is 1. The third kappa shape index (κ3) is 8.91. The first kappa shape index (κ1) is 23.8. The zero-order valence-electron chi connectivity index (χ0n) is 18.1. The molecule has 0 aliphatic carbocycles. The smallest absolute Gasteiger partial charge is 0.185 e. The first-order chi connectivity index (χ1) is 14.6. The van der Waals surface area contributed by atoms with Crippen LogP contribution in [0.5, 0.6) is 5.75 Å². The SMILES string of the molecule is CCN(CC)CCCNCC(O)COc1cccc(/C=C/C(=O)c2ccccc2)c1. The first-order valence-electron chi connectivity index (χ1n) is 10.7. The van der Waals surface area contributed by atoms with Crippen molar-refractivity contribution >= 4 is 11.9 Å². The lowest BCUT2D eigenvalue weighted by molar-refractivity contribution is 0.104. The molecule has 0 radical (unpaired) electrons. The molecule has 5 nitrogen and oxygen atoms in total. The Balaban J connectivity index is 1.72. The van der Waals surface area contributed by atoms with E-state index < -0.39 is 6.10 Å². The van der Waals surface area contributed by atoms with E-state index in [1.165, 1.54) is 0 Å². The normalized spacial score (nSPS) is 12.4. The number of rotatable bonds is 14. The Morgan fingerprint density at radius 3 is 2.63 bits per heavy atom. The van der Waals surface area contributed by atoms with Gasteiger partial charge in [-0.15, -0.1) is 0 Å². The summed E-state index contributed by atoms with van der Waals surface area (Å²) in [6.07, 6.45) is 3.82. The Labute approximate surface area is 180 Å². The van der Waals surface area contributed by atoms with Gasteiger partial charge in [0.1, 0.15) is 18.5 Å². The van der Waals surface area contributed by atoms with Gasteiger partial charge in [0.15, 0.2) is 5.78 Å². The number of hydrogen-bond donors (Lipinski definition) is 2. The molecular weight excluding hydrogens is 376 g/mol. The fourth-order valence-electron chi connectivity index (χ4n) is 3.07. The highest BCUT2D eigenvalue weighted by Gasteiger charge is 2.06. The first-order valence-corrected chi connectivity index (χ1v) is 10.7. The summed E-state index contributed by atoms with van der Waals surface area (Å²) in [6.45, 7) is 9.16. The van der Waals surface area contributed by atoms with E-state index in [4.69, 9.17) is 4.74 Å². The predicted molar refractivity (Wildman–Crippen MR) is 123 cm³/mol. The van der Waals surface area contributed by atoms with Gasteiger partial charge in [0.2, 0.25) is 0 Å². The summed E-state index contributed by atoms with van der Waals surface area (Å²) in [7, 11) is 0. The number of ketones is 1. The zero-order chi connectivity index (χ0) is 21.6. The lowest BCUT2D eigenvalue weighted by Gasteiger charge is -2.18. The van der Waals surface area contributed by atoms with E-state index in [0.717, 1.165) is 38.2 Å². The van der Waals surface area contributed by atoms with Crippen molar-refractivity contribution in [1.82, 2.24) is 10.2 Å². The summed E-state index contributed by atoms with van der Waals surface area (Å²) in [5.74, 6) is 0.634. The number of allylic oxidation sites excluding steroid dienone is 1. The monoisotopic (exact) mass is 410 g/mol. The van der Waals surface area contributed by atoms with Gasteiger partial charge in [0, 0.05) is 12.1 Å². The van der Waals surface area contributed by atoms with E-state index in [1.54, 1.807) is 24.3 Å². The van der Waals surface area contributed by atoms with Crippen LogP contribution in [0.1, 0.15) is 36.2 Å². The van der Waals surface area contributed by atoms with Crippen LogP contribution >= 0.6 is 0 Å². The van der Waals surface area contributed by atoms with Crippen molar-refractivity contribution in [3.05, 3.63) is 71.8 Å². The Bertz CT molecular complexity index is 773. The van der Waals surface area contributed by atoms with E-state index in [2.05, 4.69) is 24.1 Å². The van der Waals surface area contributed by atoms with E-state index >= 15 is 0 Å². The Morgan fingerprint density at radius 2 is 1.90 bits per heavy atom. The van der Waals surface area contributed by atoms with E-state index in [0.29, 0.717) is 17.9 Å². The molecule has 1 atom stereocenters. The molecule has 0 bridgehead atoms. The standard InChI is InChI=1S/C25H34N2O3/c1-3-27(4-2)17-9-16-26-19-23(28)20-30-24-13-8-10-21(18-24)14-15-25(29)22-11-6-5-7-12-22/h5-8,10-15,18,23,26,28H,3-4,9,16-17,19-20H2,1-2H3/b15-14+. The van der Waals surface area contributed by atoms with E-state index in [9.17, 15) is 9.90 Å². The molecule has 1 unspecified atom stereocenters. The molecule has 0 saturated carbocycles. The molecule has 0 amide bonds. The lowest BCUT2D eigenvalue weighted by atomic mass is 10.1. The highest BCUT2D eigenvalue weighted by atomic mass is 16.5. The molecule has 2 aromatic carbocycles. The van der Waals surface area contributed by atoms with Gasteiger partial charge in [-0.1, -0.05) is 62.4 Å². The second-order valence-corrected chi connectivity index (χ2v) is 7.19. The molecule has 0 aliphatic rings. The van der Waals surface area contributed by atoms with Gasteiger partial charge in [-0.25, -0.2) is 0 Å². The van der Waals surface area contributed by atoms with Gasteiger partial charge in [-0.05, 0) is 56.4 Å². The molecule has 5 heteroatoms. The van der Waals surface area contributed by atoms with Crippen molar-refractivity contribution in [2.24, 2.45) is 0 Å². The molecule has 2 rings (SSSR count). The van der Waals surface area contributed by atoms with Crippen LogP contribution < -0.4 is 10.1 Å². The summed E-state index contributed by atoms with van der Waals surface area (Å²) in [6, 6.07) is 16.7. The van der Waals surface area contributed by atoms with Gasteiger partial charge >= 0.3 is 0 Å². The Morgan fingerprint density at radius 1 is 1.13 bits per heavy atom. The summed E-state index contributed by atoms with van der Waals surface area (Å²) in [5, 5.41) is 13.4. The fourth-order valence-corrected chi connectivity index (χ4v) is 3.07. The highest BCUT2D eigenvalue weighted by molar-refractivity contribution is 6.06. The Kier molecular flexibility index (Phi) is 10.9. The molecule has 0 fully saturated rings. The van der Waals surface area contributed by atoms with Crippen molar-refractivity contribution in [1.29, 1.82) is 0 Å². The van der Waals surface area contributed by atoms with E-state index in [1.807, 2.05) is 42.5 Å². The number of carbonyl (C=O) groups excluding carboxylic acids is 1. The number of nitrogens with one attached hydrogen (secondary N) is 1. The number of hydrogen-bond acceptors (Lipinski definition) is 5. The average molecular weight is 411 g/mol. The predicted octanol–water partition coefficient (Wildman–Crippen LogP) is 3.64. The van der Waals surface area contributed by atoms with Crippen LogP contribution in [0.2, 0.25) is 0 Å². The average Bonchev–Trinajstić information content (AvgIpc) is 2.79. The topological polar surface area (TPSA) is 61.8 Å². The van der Waals surface area contributed by atoms with Crippen LogP contribution in [-0.4, -0.2) is 61.2 Å². The number of benzene rings is 2. The maximum absolute atomic E-state index is 12.2. The molecule has 0 saturated heterocycles. The second-order valence-electron chi connectivity index (χ2n) is 7.19. The number of nitrogens with zero attached hydrogens (tertiary/aromatic N) is 1. The maximum atomic E-state index is 12.2. The number of aliphatic hydroxyl groups is 1. The minimum absolute atomic E-state index is 0.0376. The van der Waals surface area contributed by atoms with Crippen LogP contribution in [0.4, 0.5) is 0 Å². The van der Waals surface area contributed by atoms with Crippen molar-refractivity contribution in [3.63, 3.8) is 0 Å². The van der Waals surface area contributed by atoms with Crippen LogP contribution in [0, 0.1) is 0 Å². The van der Waals surface area contributed by atoms with Gasteiger partial charge in [-0.2, -0.15) is 0 Å². The molecule has 0 aliphatic heterocycles. The number of aliphatic hydroxyl groups excluding tert-OH is 1. The fraction of sp³-hybridized carbons (Fsp3) is 0.400. The van der Waals surface area contributed by atoms with Crippen LogP contribution in [-0.2, 0) is 0 Å². The highest BCUT2D eigenvalue weighted by Crippen LogP contribution is 2.15. The van der Waals surface area contributed by atoms with Crippen molar-refractivity contribution in [2.75, 3.05) is 39.3 Å². The van der Waals surface area contributed by atoms with Crippen molar-refractivity contribution < 1.29 is 14.6 Å². The third-order valence-corrected chi connectivity index (χ3v) is 4.89. The largest absolute Gasteiger partial charge is 0.491 e. The molecule has 2 N–H and O–H groups in total. The van der Waals surface area contributed by atoms with E-state index in [-0.39, 0.29) is 12.4 Å². The maximum Gasteiger partial charge on any atom is 0.185 e. The van der Waals surface area contributed by atoms with Gasteiger partial charge in [0.25, 0.3) is 0 Å². The van der Waals surface area contributed by atoms with Gasteiger partial charge < -0.3 is 20.1 Å². The Hall–Kier alpha value is -2.47. The van der Waals surface area contributed by atoms with Crippen molar-refractivity contribution in [2.45, 2.75) is 26.4 Å². The minimum atomic E-state index is -0.572. The minimum Gasteiger partial charge on any atom is -0.491 e. The summed E-state index contributed by atoms with van der Waals surface area (Å²) < 4.78 is 5.71. The summed E-state index contributed by atoms with van der Waals surface area (Å²) in [4.78, 5) is 14.6. The second kappa shape index (κ2) is 13.7. The molecule has 2 aromatic rings. The molecule has 0 aromatic heterocycles. The van der Waals surface area contributed by atoms with Crippen LogP contribution in [0.15, 0.2) is 60.7 Å². The van der Waals surface area contributed by atoms with Crippen LogP contribution in [0.3, 0.4) is 0 Å². The summed E-state index contributed by atoms with van der Waals surface area (Å²) in [5.41, 5.74) is 1.54. The molecule has 0 heterocycles. The number of carbonyl (C=O) groups is 1. The third-order valence-electron chi connectivity index (χ3n) is 4.89. The molecule has 0 spiro atoms. The van der Waals surface area contributed by atoms with Crippen molar-refractivity contribution in [3.8, 4) is 5.75 Å². The molecule has 30 heavy (non-hydrogen) atoms. The molecular formula is C25H34N2O3. The zero-order valence-corrected chi connectivity index (χ0v) is 18.1. The lowest BCUT2D eigenvalue weighted by Crippen LogP contribution is -2.33. The van der Waals surface area contributed by atoms with Crippen LogP contribution in [0.25, 0.3) is 6.08 Å². The van der Waals surface area contributed by atoms with Gasteiger partial charge in [0.05, 0.1) is 0 Å². The molecule has 162 valence electrons. The summed E-state index contributed by atoms with van der Waals surface area (Å²) >= 11 is 0.